The molecule has 1 heterocycles. The first kappa shape index (κ1) is 7.28. The first-order chi connectivity index (χ1) is 5.77. The number of ether oxygens (including phenoxy) is 1. The van der Waals surface area contributed by atoms with Crippen molar-refractivity contribution in [2.75, 3.05) is 0 Å². The van der Waals surface area contributed by atoms with Gasteiger partial charge in [0.2, 0.25) is 0 Å². The van der Waals surface area contributed by atoms with E-state index in [9.17, 15) is 8.78 Å². The highest BCUT2D eigenvalue weighted by Crippen LogP contribution is 2.26. The Balaban J connectivity index is 2.57. The number of hydrogen-bond acceptors (Lipinski definition) is 1. The molecular formula is C9H6F2O. The maximum Gasteiger partial charge on any atom is 0.135 e. The van der Waals surface area contributed by atoms with Gasteiger partial charge >= 0.3 is 0 Å². The monoisotopic (exact) mass is 168 g/mol. The maximum atomic E-state index is 13.0. The SMILES string of the molecule is Fc1cc(F)c2c(c1)OC=CC2. The number of hydrogen-bond donors (Lipinski definition) is 0. The van der Waals surface area contributed by atoms with Gasteiger partial charge in [0, 0.05) is 24.1 Å². The van der Waals surface area contributed by atoms with Gasteiger partial charge in [-0.15, -0.1) is 0 Å². The standard InChI is InChI=1S/C9H6F2O/c10-6-4-8(11)7-2-1-3-12-9(7)5-6/h1,3-5H,2H2. The largest absolute Gasteiger partial charge is 0.465 e. The maximum absolute atomic E-state index is 13.0. The van der Waals surface area contributed by atoms with E-state index >= 15 is 0 Å². The summed E-state index contributed by atoms with van der Waals surface area (Å²) in [6.07, 6.45) is 3.58. The van der Waals surface area contributed by atoms with Crippen molar-refractivity contribution in [1.29, 1.82) is 0 Å². The number of allylic oxidation sites excluding steroid dienone is 1. The second-order valence-electron chi connectivity index (χ2n) is 2.56. The van der Waals surface area contributed by atoms with Crippen molar-refractivity contribution in [2.45, 2.75) is 6.42 Å². The molecule has 0 amide bonds. The zero-order valence-electron chi connectivity index (χ0n) is 6.18. The van der Waals surface area contributed by atoms with Crippen LogP contribution in [0.1, 0.15) is 5.56 Å². The van der Waals surface area contributed by atoms with Gasteiger partial charge in [0.1, 0.15) is 17.4 Å². The Morgan fingerprint density at radius 1 is 1.25 bits per heavy atom. The van der Waals surface area contributed by atoms with Gasteiger partial charge in [-0.05, 0) is 6.08 Å². The van der Waals surface area contributed by atoms with Crippen LogP contribution in [0, 0.1) is 11.6 Å². The summed E-state index contributed by atoms with van der Waals surface area (Å²) in [6, 6.07) is 2.04. The minimum Gasteiger partial charge on any atom is -0.465 e. The van der Waals surface area contributed by atoms with Crippen molar-refractivity contribution in [1.82, 2.24) is 0 Å². The van der Waals surface area contributed by atoms with Crippen molar-refractivity contribution in [3.8, 4) is 5.75 Å². The van der Waals surface area contributed by atoms with Crippen molar-refractivity contribution >= 4 is 0 Å². The molecule has 0 saturated heterocycles. The summed E-state index contributed by atoms with van der Waals surface area (Å²) in [5.74, 6) is -0.883. The topological polar surface area (TPSA) is 9.23 Å². The van der Waals surface area contributed by atoms with E-state index in [1.165, 1.54) is 12.3 Å². The molecule has 0 aliphatic carbocycles. The second kappa shape index (κ2) is 2.59. The van der Waals surface area contributed by atoms with Crippen LogP contribution in [-0.4, -0.2) is 0 Å². The molecule has 0 saturated carbocycles. The molecule has 0 aromatic heterocycles. The average Bonchev–Trinajstić information content (AvgIpc) is 2.04. The van der Waals surface area contributed by atoms with E-state index in [0.717, 1.165) is 6.07 Å². The third-order valence-corrected chi connectivity index (χ3v) is 1.73. The molecule has 0 N–H and O–H groups in total. The van der Waals surface area contributed by atoms with Crippen molar-refractivity contribution in [3.63, 3.8) is 0 Å². The normalized spacial score (nSPS) is 13.8. The average molecular weight is 168 g/mol. The zero-order valence-corrected chi connectivity index (χ0v) is 6.18. The van der Waals surface area contributed by atoms with E-state index in [4.69, 9.17) is 4.74 Å². The molecule has 1 aromatic rings. The quantitative estimate of drug-likeness (QED) is 0.578. The lowest BCUT2D eigenvalue weighted by atomic mass is 10.1. The molecule has 1 aromatic carbocycles. The third kappa shape index (κ3) is 1.07. The van der Waals surface area contributed by atoms with Crippen LogP contribution in [0.25, 0.3) is 0 Å². The van der Waals surface area contributed by atoms with Gasteiger partial charge in [-0.3, -0.25) is 0 Å². The van der Waals surface area contributed by atoms with Gasteiger partial charge < -0.3 is 4.74 Å². The fourth-order valence-electron chi connectivity index (χ4n) is 1.17. The Bertz CT molecular complexity index is 345. The molecule has 12 heavy (non-hydrogen) atoms. The van der Waals surface area contributed by atoms with Crippen LogP contribution in [0.3, 0.4) is 0 Å². The lowest BCUT2D eigenvalue weighted by Crippen LogP contribution is -2.00. The molecule has 3 heteroatoms. The van der Waals surface area contributed by atoms with Crippen molar-refractivity contribution in [2.24, 2.45) is 0 Å². The Hall–Kier alpha value is -1.38. The van der Waals surface area contributed by atoms with Crippen molar-refractivity contribution < 1.29 is 13.5 Å². The predicted molar refractivity (Wildman–Crippen MR) is 39.8 cm³/mol. The fraction of sp³-hybridized carbons (Fsp3) is 0.111. The van der Waals surface area contributed by atoms with Crippen LogP contribution in [0.5, 0.6) is 5.75 Å². The highest BCUT2D eigenvalue weighted by atomic mass is 19.1. The molecule has 0 spiro atoms. The first-order valence-electron chi connectivity index (χ1n) is 3.57. The number of benzene rings is 1. The van der Waals surface area contributed by atoms with Gasteiger partial charge in [0.05, 0.1) is 6.26 Å². The van der Waals surface area contributed by atoms with E-state index in [0.29, 0.717) is 12.0 Å². The van der Waals surface area contributed by atoms with Crippen LogP contribution >= 0.6 is 0 Å². The number of halogens is 2. The number of fused-ring (bicyclic) bond motifs is 1. The van der Waals surface area contributed by atoms with E-state index in [1.54, 1.807) is 6.08 Å². The fourth-order valence-corrected chi connectivity index (χ4v) is 1.17. The lowest BCUT2D eigenvalue weighted by molar-refractivity contribution is 0.446. The Labute approximate surface area is 68.3 Å². The molecule has 1 aliphatic rings. The van der Waals surface area contributed by atoms with Crippen LogP contribution in [0.15, 0.2) is 24.5 Å². The Kier molecular flexibility index (Phi) is 1.57. The van der Waals surface area contributed by atoms with E-state index in [2.05, 4.69) is 0 Å². The molecular weight excluding hydrogens is 162 g/mol. The highest BCUT2D eigenvalue weighted by molar-refractivity contribution is 5.38. The van der Waals surface area contributed by atoms with E-state index in [1.807, 2.05) is 0 Å². The molecule has 2 rings (SSSR count). The van der Waals surface area contributed by atoms with Gasteiger partial charge in [-0.2, -0.15) is 0 Å². The minimum absolute atomic E-state index is 0.273. The second-order valence-corrected chi connectivity index (χ2v) is 2.56. The summed E-state index contributed by atoms with van der Waals surface area (Å²) in [7, 11) is 0. The molecule has 1 nitrogen and oxygen atoms in total. The summed E-state index contributed by atoms with van der Waals surface area (Å²) in [4.78, 5) is 0. The van der Waals surface area contributed by atoms with Gasteiger partial charge in [-0.1, -0.05) is 0 Å². The Morgan fingerprint density at radius 2 is 2.08 bits per heavy atom. The summed E-state index contributed by atoms with van der Waals surface area (Å²) >= 11 is 0. The summed E-state index contributed by atoms with van der Waals surface area (Å²) < 4.78 is 30.5. The summed E-state index contributed by atoms with van der Waals surface area (Å²) in [5, 5.41) is 0. The van der Waals surface area contributed by atoms with Crippen LogP contribution in [0.2, 0.25) is 0 Å². The third-order valence-electron chi connectivity index (χ3n) is 1.73. The van der Waals surface area contributed by atoms with E-state index < -0.39 is 11.6 Å². The predicted octanol–water partition coefficient (Wildman–Crippen LogP) is 2.41. The molecule has 0 fully saturated rings. The van der Waals surface area contributed by atoms with Gasteiger partial charge in [0.25, 0.3) is 0 Å². The molecule has 62 valence electrons. The van der Waals surface area contributed by atoms with Crippen molar-refractivity contribution in [3.05, 3.63) is 41.7 Å². The van der Waals surface area contributed by atoms with Crippen LogP contribution in [0.4, 0.5) is 8.78 Å². The summed E-state index contributed by atoms with van der Waals surface area (Å²) in [6.45, 7) is 0. The van der Waals surface area contributed by atoms with Crippen LogP contribution in [-0.2, 0) is 6.42 Å². The highest BCUT2D eigenvalue weighted by Gasteiger charge is 2.13. The zero-order chi connectivity index (χ0) is 8.55. The minimum atomic E-state index is -0.610. The molecule has 1 aliphatic heterocycles. The number of rotatable bonds is 0. The summed E-state index contributed by atoms with van der Waals surface area (Å²) in [5.41, 5.74) is 0.416. The smallest absolute Gasteiger partial charge is 0.135 e. The van der Waals surface area contributed by atoms with Crippen LogP contribution < -0.4 is 4.74 Å². The first-order valence-corrected chi connectivity index (χ1v) is 3.57. The molecule has 0 bridgehead atoms. The van der Waals surface area contributed by atoms with Gasteiger partial charge in [0.15, 0.2) is 0 Å². The molecule has 0 unspecified atom stereocenters. The van der Waals surface area contributed by atoms with Gasteiger partial charge in [-0.25, -0.2) is 8.78 Å². The lowest BCUT2D eigenvalue weighted by Gasteiger charge is -2.11. The molecule has 0 radical (unpaired) electrons. The molecule has 0 atom stereocenters. The van der Waals surface area contributed by atoms with E-state index in [-0.39, 0.29) is 5.75 Å². The Morgan fingerprint density at radius 3 is 2.92 bits per heavy atom.